The van der Waals surface area contributed by atoms with Gasteiger partial charge in [0.15, 0.2) is 0 Å². The molecule has 0 aliphatic carbocycles. The maximum Gasteiger partial charge on any atom is 0.124 e. The lowest BCUT2D eigenvalue weighted by molar-refractivity contribution is 1.10. The second kappa shape index (κ2) is 10.2. The Balaban J connectivity index is 1.27. The normalized spacial score (nSPS) is 11.4. The summed E-state index contributed by atoms with van der Waals surface area (Å²) in [6.07, 6.45) is 2.69. The van der Waals surface area contributed by atoms with Crippen LogP contribution in [0.5, 0.6) is 0 Å². The van der Waals surface area contributed by atoms with Gasteiger partial charge < -0.3 is 0 Å². The third kappa shape index (κ3) is 5.45. The smallest absolute Gasteiger partial charge is 0.124 e. The summed E-state index contributed by atoms with van der Waals surface area (Å²) in [6, 6.07) is 23.8. The van der Waals surface area contributed by atoms with E-state index in [1.807, 2.05) is 73.8 Å². The van der Waals surface area contributed by atoms with Crippen molar-refractivity contribution in [3.8, 4) is 21.8 Å². The number of halogens is 2. The zero-order valence-corrected chi connectivity index (χ0v) is 21.3. The molecule has 168 valence electrons. The van der Waals surface area contributed by atoms with Crippen LogP contribution in [-0.4, -0.2) is 16.2 Å². The fourth-order valence-electron chi connectivity index (χ4n) is 3.42. The molecule has 0 bridgehead atoms. The van der Waals surface area contributed by atoms with Gasteiger partial charge in [0.25, 0.3) is 0 Å². The van der Waals surface area contributed by atoms with Crippen molar-refractivity contribution >= 4 is 57.8 Å². The second-order valence-electron chi connectivity index (χ2n) is 7.71. The Morgan fingerprint density at radius 2 is 1.47 bits per heavy atom. The third-order valence-electron chi connectivity index (χ3n) is 5.23. The Morgan fingerprint density at radius 1 is 0.824 bits per heavy atom. The summed E-state index contributed by atoms with van der Waals surface area (Å²) in [6.45, 7) is 2.02. The minimum absolute atomic E-state index is 0.725. The fraction of sp³-hybridized carbons (Fsp3) is 0.0741. The van der Waals surface area contributed by atoms with Crippen molar-refractivity contribution < 1.29 is 0 Å². The molecule has 3 aromatic carbocycles. The Kier molecular flexibility index (Phi) is 6.88. The van der Waals surface area contributed by atoms with Crippen molar-refractivity contribution in [1.29, 1.82) is 0 Å². The summed E-state index contributed by atoms with van der Waals surface area (Å²) in [5.41, 5.74) is 6.16. The van der Waals surface area contributed by atoms with Crippen LogP contribution in [0.15, 0.2) is 83.2 Å². The highest BCUT2D eigenvalue weighted by Crippen LogP contribution is 2.30. The summed E-state index contributed by atoms with van der Waals surface area (Å²) in [5, 5.41) is 5.59. The molecule has 0 aliphatic heterocycles. The van der Waals surface area contributed by atoms with E-state index >= 15 is 0 Å². The number of benzene rings is 3. The van der Waals surface area contributed by atoms with Crippen molar-refractivity contribution in [3.05, 3.63) is 109 Å². The van der Waals surface area contributed by atoms with E-state index in [2.05, 4.69) is 22.5 Å². The minimum atomic E-state index is 0.725. The van der Waals surface area contributed by atoms with Gasteiger partial charge in [0.05, 0.1) is 27.0 Å². The summed E-state index contributed by atoms with van der Waals surface area (Å²) < 4.78 is 0. The minimum Gasteiger partial charge on any atom is -0.255 e. The van der Waals surface area contributed by atoms with Crippen molar-refractivity contribution in [2.24, 2.45) is 4.99 Å². The van der Waals surface area contributed by atoms with Crippen LogP contribution in [0.3, 0.4) is 0 Å². The summed E-state index contributed by atoms with van der Waals surface area (Å²) in [7, 11) is 0. The van der Waals surface area contributed by atoms with Crippen LogP contribution in [0.4, 0.5) is 5.69 Å². The number of thiazole rings is 2. The first-order valence-electron chi connectivity index (χ1n) is 10.6. The van der Waals surface area contributed by atoms with Gasteiger partial charge in [-0.15, -0.1) is 22.7 Å². The molecule has 34 heavy (non-hydrogen) atoms. The monoisotopic (exact) mass is 519 g/mol. The molecule has 0 unspecified atom stereocenters. The van der Waals surface area contributed by atoms with E-state index in [-0.39, 0.29) is 0 Å². The Morgan fingerprint density at radius 3 is 2.18 bits per heavy atom. The van der Waals surface area contributed by atoms with Gasteiger partial charge in [0, 0.05) is 39.2 Å². The van der Waals surface area contributed by atoms with Gasteiger partial charge >= 0.3 is 0 Å². The molecule has 0 amide bonds. The lowest BCUT2D eigenvalue weighted by atomic mass is 10.1. The van der Waals surface area contributed by atoms with E-state index in [1.54, 1.807) is 22.7 Å². The molecule has 0 fully saturated rings. The van der Waals surface area contributed by atoms with E-state index in [0.29, 0.717) is 0 Å². The predicted molar refractivity (Wildman–Crippen MR) is 146 cm³/mol. The van der Waals surface area contributed by atoms with Gasteiger partial charge in [-0.1, -0.05) is 59.6 Å². The van der Waals surface area contributed by atoms with E-state index < -0.39 is 0 Å². The first-order valence-corrected chi connectivity index (χ1v) is 13.1. The number of aliphatic imine (C=N–C) groups is 1. The molecule has 0 aliphatic rings. The highest BCUT2D eigenvalue weighted by Gasteiger charge is 2.08. The highest BCUT2D eigenvalue weighted by atomic mass is 35.5. The van der Waals surface area contributed by atoms with Crippen molar-refractivity contribution in [1.82, 2.24) is 9.97 Å². The topological polar surface area (TPSA) is 38.1 Å². The molecule has 0 radical (unpaired) electrons. The van der Waals surface area contributed by atoms with Gasteiger partial charge in [-0.05, 0) is 48.9 Å². The molecule has 5 rings (SSSR count). The van der Waals surface area contributed by atoms with E-state index in [0.717, 1.165) is 59.6 Å². The van der Waals surface area contributed by atoms with Crippen LogP contribution in [-0.2, 0) is 6.42 Å². The summed E-state index contributed by atoms with van der Waals surface area (Å²) in [5.74, 6) is 0. The molecule has 0 saturated carbocycles. The van der Waals surface area contributed by atoms with Gasteiger partial charge in [-0.2, -0.15) is 0 Å². The molecule has 0 spiro atoms. The van der Waals surface area contributed by atoms with Gasteiger partial charge in [0.1, 0.15) is 5.01 Å². The standard InChI is InChI=1S/C27H19Cl2N3S2/c1-17-25(34-26(31-17)14-18-2-8-21(28)9-3-18)15-30-23-12-6-19(7-13-23)24-16-33-27(32-24)20-4-10-22(29)11-5-20/h2-13,15-16H,14H2,1H3. The highest BCUT2D eigenvalue weighted by molar-refractivity contribution is 7.13. The largest absolute Gasteiger partial charge is 0.255 e. The van der Waals surface area contributed by atoms with Crippen LogP contribution < -0.4 is 0 Å². The average molecular weight is 521 g/mol. The van der Waals surface area contributed by atoms with Gasteiger partial charge in [-0.3, -0.25) is 4.99 Å². The SMILES string of the molecule is Cc1nc(Cc2ccc(Cl)cc2)sc1C=Nc1ccc(-c2csc(-c3ccc(Cl)cc3)n2)cc1. The molecular formula is C27H19Cl2N3S2. The molecule has 5 aromatic rings. The zero-order valence-electron chi connectivity index (χ0n) is 18.2. The number of rotatable bonds is 6. The van der Waals surface area contributed by atoms with Crippen molar-refractivity contribution in [2.45, 2.75) is 13.3 Å². The van der Waals surface area contributed by atoms with Crippen LogP contribution >= 0.6 is 45.9 Å². The summed E-state index contributed by atoms with van der Waals surface area (Å²) in [4.78, 5) is 15.2. The number of hydrogen-bond donors (Lipinski definition) is 0. The molecule has 0 N–H and O–H groups in total. The quantitative estimate of drug-likeness (QED) is 0.210. The number of aromatic nitrogens is 2. The lowest BCUT2D eigenvalue weighted by Gasteiger charge is -1.99. The van der Waals surface area contributed by atoms with E-state index in [1.165, 1.54) is 5.56 Å². The van der Waals surface area contributed by atoms with Gasteiger partial charge in [-0.25, -0.2) is 9.97 Å². The second-order valence-corrected chi connectivity index (χ2v) is 10.6. The number of hydrogen-bond acceptors (Lipinski definition) is 5. The predicted octanol–water partition coefficient (Wildman–Crippen LogP) is 8.89. The van der Waals surface area contributed by atoms with E-state index in [4.69, 9.17) is 33.2 Å². The van der Waals surface area contributed by atoms with Crippen molar-refractivity contribution in [3.63, 3.8) is 0 Å². The summed E-state index contributed by atoms with van der Waals surface area (Å²) >= 11 is 15.3. The number of nitrogens with zero attached hydrogens (tertiary/aromatic N) is 3. The Bertz CT molecular complexity index is 1440. The molecule has 0 saturated heterocycles. The van der Waals surface area contributed by atoms with Crippen LogP contribution in [0.1, 0.15) is 21.1 Å². The Hall–Kier alpha value is -2.83. The van der Waals surface area contributed by atoms with Gasteiger partial charge in [0.2, 0.25) is 0 Å². The average Bonchev–Trinajstić information content (AvgIpc) is 3.47. The molecule has 2 heterocycles. The maximum atomic E-state index is 5.99. The maximum absolute atomic E-state index is 5.99. The molecule has 3 nitrogen and oxygen atoms in total. The van der Waals surface area contributed by atoms with E-state index in [9.17, 15) is 0 Å². The van der Waals surface area contributed by atoms with Crippen LogP contribution in [0.25, 0.3) is 21.8 Å². The van der Waals surface area contributed by atoms with Crippen molar-refractivity contribution in [2.75, 3.05) is 0 Å². The molecule has 0 atom stereocenters. The first kappa shape index (κ1) is 22.9. The van der Waals surface area contributed by atoms with Crippen LogP contribution in [0, 0.1) is 6.92 Å². The lowest BCUT2D eigenvalue weighted by Crippen LogP contribution is -1.86. The Labute approximate surface area is 216 Å². The first-order chi connectivity index (χ1) is 16.5. The van der Waals surface area contributed by atoms with Crippen LogP contribution in [0.2, 0.25) is 10.0 Å². The number of aryl methyl sites for hydroxylation is 1. The molecular weight excluding hydrogens is 501 g/mol. The zero-order chi connectivity index (χ0) is 23.5. The molecule has 2 aromatic heterocycles. The fourth-order valence-corrected chi connectivity index (χ4v) is 5.48. The molecule has 7 heteroatoms. The third-order valence-corrected chi connectivity index (χ3v) is 7.72.